The second-order valence-electron chi connectivity index (χ2n) is 5.64. The molecule has 0 aliphatic carbocycles. The number of benzene rings is 1. The van der Waals surface area contributed by atoms with E-state index in [1.807, 2.05) is 0 Å². The molecule has 1 heterocycles. The Kier molecular flexibility index (Phi) is 5.64. The molecule has 1 fully saturated rings. The van der Waals surface area contributed by atoms with Crippen molar-refractivity contribution in [1.29, 1.82) is 0 Å². The highest BCUT2D eigenvalue weighted by atomic mass is 19.4. The molecule has 7 heteroatoms. The van der Waals surface area contributed by atoms with Crippen LogP contribution >= 0.6 is 0 Å². The lowest BCUT2D eigenvalue weighted by molar-refractivity contribution is -0.138. The number of hydrogen-bond donors (Lipinski definition) is 0. The van der Waals surface area contributed by atoms with Crippen LogP contribution in [0.2, 0.25) is 0 Å². The molecule has 0 radical (unpaired) electrons. The third-order valence-corrected chi connectivity index (χ3v) is 4.10. The first kappa shape index (κ1) is 17.7. The van der Waals surface area contributed by atoms with Crippen molar-refractivity contribution in [3.8, 4) is 0 Å². The van der Waals surface area contributed by atoms with Crippen LogP contribution in [0.4, 0.5) is 13.2 Å². The Morgan fingerprint density at radius 1 is 1.26 bits per heavy atom. The fraction of sp³-hybridized carbons (Fsp3) is 0.562. The summed E-state index contributed by atoms with van der Waals surface area (Å²) < 4.78 is 43.1. The number of amides is 1. The maximum Gasteiger partial charge on any atom is 0.416 e. The Bertz CT molecular complexity index is 531. The van der Waals surface area contributed by atoms with E-state index in [0.717, 1.165) is 30.8 Å². The van der Waals surface area contributed by atoms with Gasteiger partial charge in [-0.1, -0.05) is 12.1 Å². The second-order valence-corrected chi connectivity index (χ2v) is 5.64. The molecule has 4 nitrogen and oxygen atoms in total. The normalized spacial score (nSPS) is 19.9. The molecule has 0 saturated carbocycles. The van der Waals surface area contributed by atoms with Crippen molar-refractivity contribution in [2.45, 2.75) is 19.1 Å². The quantitative estimate of drug-likeness (QED) is 0.851. The maximum atomic E-state index is 12.7. The standard InChI is InChI=1S/C16H21F3N2O2/c1-12(22)21-8-7-20(9-10-23-2)11-15(21)13-3-5-14(6-4-13)16(17,18)19/h3-6,15H,7-11H2,1-2H3/t15-/m0/s1. The van der Waals surface area contributed by atoms with E-state index in [0.29, 0.717) is 19.7 Å². The van der Waals surface area contributed by atoms with Crippen molar-refractivity contribution >= 4 is 5.91 Å². The average molecular weight is 330 g/mol. The molecule has 0 aromatic heterocycles. The van der Waals surface area contributed by atoms with Gasteiger partial charge in [-0.3, -0.25) is 9.69 Å². The predicted octanol–water partition coefficient (Wildman–Crippen LogP) is 2.56. The topological polar surface area (TPSA) is 32.8 Å². The van der Waals surface area contributed by atoms with Gasteiger partial charge < -0.3 is 9.64 Å². The van der Waals surface area contributed by atoms with Crippen LogP contribution in [0.1, 0.15) is 24.1 Å². The largest absolute Gasteiger partial charge is 0.416 e. The maximum absolute atomic E-state index is 12.7. The molecule has 0 N–H and O–H groups in total. The number of halogens is 3. The molecule has 1 aromatic rings. The van der Waals surface area contributed by atoms with Crippen LogP contribution in [-0.2, 0) is 15.7 Å². The smallest absolute Gasteiger partial charge is 0.383 e. The molecular weight excluding hydrogens is 309 g/mol. The number of carbonyl (C=O) groups is 1. The number of carbonyl (C=O) groups excluding carboxylic acids is 1. The lowest BCUT2D eigenvalue weighted by atomic mass is 10.0. The van der Waals surface area contributed by atoms with Gasteiger partial charge in [-0.2, -0.15) is 13.2 Å². The SMILES string of the molecule is COCCN1CCN(C(C)=O)[C@H](c2ccc(C(F)(F)F)cc2)C1. The molecule has 0 unspecified atom stereocenters. The van der Waals surface area contributed by atoms with Gasteiger partial charge >= 0.3 is 6.18 Å². The van der Waals surface area contributed by atoms with E-state index in [-0.39, 0.29) is 11.9 Å². The molecule has 2 rings (SSSR count). The van der Waals surface area contributed by atoms with Crippen LogP contribution in [0.3, 0.4) is 0 Å². The van der Waals surface area contributed by atoms with Crippen LogP contribution < -0.4 is 0 Å². The summed E-state index contributed by atoms with van der Waals surface area (Å²) in [5.74, 6) is -0.0683. The van der Waals surface area contributed by atoms with Crippen LogP contribution in [0.5, 0.6) is 0 Å². The number of piperazine rings is 1. The fourth-order valence-corrected chi connectivity index (χ4v) is 2.82. The van der Waals surface area contributed by atoms with Crippen LogP contribution in [0.15, 0.2) is 24.3 Å². The number of nitrogens with zero attached hydrogens (tertiary/aromatic N) is 2. The van der Waals surface area contributed by atoms with Gasteiger partial charge in [0, 0.05) is 40.2 Å². The summed E-state index contributed by atoms with van der Waals surface area (Å²) in [6, 6.07) is 4.83. The number of methoxy groups -OCH3 is 1. The van der Waals surface area contributed by atoms with Crippen molar-refractivity contribution in [3.63, 3.8) is 0 Å². The van der Waals surface area contributed by atoms with Gasteiger partial charge in [0.25, 0.3) is 0 Å². The van der Waals surface area contributed by atoms with Crippen LogP contribution in [-0.4, -0.2) is 55.6 Å². The van der Waals surface area contributed by atoms with Crippen molar-refractivity contribution in [2.75, 3.05) is 39.9 Å². The molecule has 1 aliphatic rings. The van der Waals surface area contributed by atoms with Gasteiger partial charge in [0.05, 0.1) is 18.2 Å². The summed E-state index contributed by atoms with van der Waals surface area (Å²) in [5, 5.41) is 0. The van der Waals surface area contributed by atoms with Crippen LogP contribution in [0, 0.1) is 0 Å². The first-order valence-electron chi connectivity index (χ1n) is 7.48. The van der Waals surface area contributed by atoms with E-state index in [2.05, 4.69) is 4.90 Å². The summed E-state index contributed by atoms with van der Waals surface area (Å²) in [5.41, 5.74) is 0.0398. The molecule has 1 aromatic carbocycles. The Morgan fingerprint density at radius 2 is 1.91 bits per heavy atom. The monoisotopic (exact) mass is 330 g/mol. The Balaban J connectivity index is 2.19. The molecule has 1 aliphatic heterocycles. The van der Waals surface area contributed by atoms with Crippen molar-refractivity contribution < 1.29 is 22.7 Å². The lowest BCUT2D eigenvalue weighted by Gasteiger charge is -2.41. The van der Waals surface area contributed by atoms with Gasteiger partial charge in [-0.25, -0.2) is 0 Å². The van der Waals surface area contributed by atoms with E-state index in [9.17, 15) is 18.0 Å². The van der Waals surface area contributed by atoms with E-state index in [1.165, 1.54) is 19.1 Å². The van der Waals surface area contributed by atoms with Crippen molar-refractivity contribution in [3.05, 3.63) is 35.4 Å². The van der Waals surface area contributed by atoms with Gasteiger partial charge in [-0.05, 0) is 17.7 Å². The zero-order chi connectivity index (χ0) is 17.0. The third-order valence-electron chi connectivity index (χ3n) is 4.10. The molecule has 0 spiro atoms. The van der Waals surface area contributed by atoms with Crippen molar-refractivity contribution in [2.24, 2.45) is 0 Å². The molecule has 1 amide bonds. The second kappa shape index (κ2) is 7.31. The number of ether oxygens (including phenoxy) is 1. The van der Waals surface area contributed by atoms with E-state index >= 15 is 0 Å². The Labute approximate surface area is 133 Å². The van der Waals surface area contributed by atoms with Gasteiger partial charge in [0.1, 0.15) is 0 Å². The minimum Gasteiger partial charge on any atom is -0.383 e. The third kappa shape index (κ3) is 4.45. The summed E-state index contributed by atoms with van der Waals surface area (Å²) in [7, 11) is 1.62. The molecule has 23 heavy (non-hydrogen) atoms. The summed E-state index contributed by atoms with van der Waals surface area (Å²) in [6.07, 6.45) is -4.35. The minimum atomic E-state index is -4.35. The molecule has 0 bridgehead atoms. The number of hydrogen-bond acceptors (Lipinski definition) is 3. The highest BCUT2D eigenvalue weighted by molar-refractivity contribution is 5.74. The highest BCUT2D eigenvalue weighted by Crippen LogP contribution is 2.32. The number of alkyl halides is 3. The van der Waals surface area contributed by atoms with E-state index < -0.39 is 11.7 Å². The van der Waals surface area contributed by atoms with Gasteiger partial charge in [0.15, 0.2) is 0 Å². The molecule has 1 saturated heterocycles. The fourth-order valence-electron chi connectivity index (χ4n) is 2.82. The summed E-state index contributed by atoms with van der Waals surface area (Å²) in [6.45, 7) is 4.69. The van der Waals surface area contributed by atoms with Crippen LogP contribution in [0.25, 0.3) is 0 Å². The Morgan fingerprint density at radius 3 is 2.43 bits per heavy atom. The zero-order valence-corrected chi connectivity index (χ0v) is 13.3. The van der Waals surface area contributed by atoms with Gasteiger partial charge in [-0.15, -0.1) is 0 Å². The number of rotatable bonds is 4. The lowest BCUT2D eigenvalue weighted by Crippen LogP contribution is -2.50. The van der Waals surface area contributed by atoms with Crippen molar-refractivity contribution in [1.82, 2.24) is 9.80 Å². The Hall–Kier alpha value is -1.60. The first-order chi connectivity index (χ1) is 10.8. The molecule has 128 valence electrons. The molecule has 1 atom stereocenters. The first-order valence-corrected chi connectivity index (χ1v) is 7.48. The van der Waals surface area contributed by atoms with E-state index in [1.54, 1.807) is 12.0 Å². The summed E-state index contributed by atoms with van der Waals surface area (Å²) >= 11 is 0. The molecular formula is C16H21F3N2O2. The minimum absolute atomic E-state index is 0.0683. The average Bonchev–Trinajstić information content (AvgIpc) is 2.51. The predicted molar refractivity (Wildman–Crippen MR) is 79.9 cm³/mol. The van der Waals surface area contributed by atoms with Gasteiger partial charge in [0.2, 0.25) is 5.91 Å². The summed E-state index contributed by atoms with van der Waals surface area (Å²) in [4.78, 5) is 15.7. The zero-order valence-electron chi connectivity index (χ0n) is 13.3. The highest BCUT2D eigenvalue weighted by Gasteiger charge is 2.32. The van der Waals surface area contributed by atoms with E-state index in [4.69, 9.17) is 4.74 Å².